The largest absolute Gasteiger partial charge is 0.381 e. The van der Waals surface area contributed by atoms with Gasteiger partial charge in [-0.05, 0) is 51.2 Å². The molecule has 4 aliphatic heterocycles. The van der Waals surface area contributed by atoms with Crippen molar-refractivity contribution in [1.82, 2.24) is 25.1 Å². The van der Waals surface area contributed by atoms with Gasteiger partial charge in [-0.3, -0.25) is 10.1 Å². The lowest BCUT2D eigenvalue weighted by Gasteiger charge is -2.41. The van der Waals surface area contributed by atoms with Crippen LogP contribution in [-0.4, -0.2) is 76.8 Å². The molecule has 36 heavy (non-hydrogen) atoms. The van der Waals surface area contributed by atoms with E-state index in [4.69, 9.17) is 30.2 Å². The first kappa shape index (κ1) is 22.4. The zero-order valence-electron chi connectivity index (χ0n) is 20.8. The highest BCUT2D eigenvalue weighted by atomic mass is 16.5. The molecule has 0 aliphatic carbocycles. The summed E-state index contributed by atoms with van der Waals surface area (Å²) >= 11 is 0. The van der Waals surface area contributed by atoms with Gasteiger partial charge in [-0.2, -0.15) is 5.10 Å². The van der Waals surface area contributed by atoms with Gasteiger partial charge in [-0.15, -0.1) is 0 Å². The van der Waals surface area contributed by atoms with Crippen molar-refractivity contribution in [3.63, 3.8) is 0 Å². The summed E-state index contributed by atoms with van der Waals surface area (Å²) in [5.74, 6) is 2.12. The molecule has 0 saturated carbocycles. The van der Waals surface area contributed by atoms with Crippen molar-refractivity contribution in [2.75, 3.05) is 49.3 Å². The van der Waals surface area contributed by atoms with E-state index in [-0.39, 0.29) is 17.6 Å². The predicted molar refractivity (Wildman–Crippen MR) is 137 cm³/mol. The average Bonchev–Trinajstić information content (AvgIpc) is 3.66. The second-order valence-corrected chi connectivity index (χ2v) is 10.9. The van der Waals surface area contributed by atoms with Gasteiger partial charge >= 0.3 is 0 Å². The molecule has 10 heteroatoms. The van der Waals surface area contributed by atoms with Crippen LogP contribution >= 0.6 is 0 Å². The van der Waals surface area contributed by atoms with Crippen molar-refractivity contribution in [2.45, 2.75) is 57.1 Å². The number of aromatic nitrogens is 5. The maximum atomic E-state index is 6.49. The molecule has 7 rings (SSSR count). The lowest BCUT2D eigenvalue weighted by atomic mass is 9.73. The fourth-order valence-electron chi connectivity index (χ4n) is 6.46. The van der Waals surface area contributed by atoms with Crippen molar-refractivity contribution in [3.8, 4) is 0 Å². The van der Waals surface area contributed by atoms with Crippen LogP contribution in [0.5, 0.6) is 0 Å². The minimum atomic E-state index is 0.0922. The summed E-state index contributed by atoms with van der Waals surface area (Å²) in [6, 6.07) is 4.45. The molecule has 10 nitrogen and oxygen atoms in total. The standard InChI is InChI=1S/C26H34N8O2/c1-16-23(27)26(15-36-16)7-10-33(11-8-26)21-13-28-22-24(30-21)31-32-25(22)34-9-2-3-19-20(34)5-4-18(29-19)17-6-12-35-14-17/h4-5,13,16-17,23H,2-3,6-12,14-15,27H2,1H3,(H,30,31,32)/t16-,17?,23+/m0/s1. The number of nitrogens with two attached hydrogens (primary N) is 1. The quantitative estimate of drug-likeness (QED) is 0.571. The Morgan fingerprint density at radius 2 is 2.06 bits per heavy atom. The molecule has 7 heterocycles. The second kappa shape index (κ2) is 8.64. The number of hydrogen-bond donors (Lipinski definition) is 2. The van der Waals surface area contributed by atoms with Crippen LogP contribution in [0.4, 0.5) is 17.3 Å². The predicted octanol–water partition coefficient (Wildman–Crippen LogP) is 2.67. The molecule has 1 unspecified atom stereocenters. The van der Waals surface area contributed by atoms with E-state index < -0.39 is 0 Å². The number of ether oxygens (including phenoxy) is 2. The normalized spacial score (nSPS) is 27.8. The summed E-state index contributed by atoms with van der Waals surface area (Å²) in [6.07, 6.45) is 7.11. The minimum Gasteiger partial charge on any atom is -0.381 e. The molecule has 190 valence electrons. The number of H-pyrrole nitrogens is 1. The summed E-state index contributed by atoms with van der Waals surface area (Å²) in [6.45, 7) is 7.15. The van der Waals surface area contributed by atoms with Crippen LogP contribution in [0.15, 0.2) is 18.3 Å². The number of hydrogen-bond acceptors (Lipinski definition) is 9. The van der Waals surface area contributed by atoms with E-state index >= 15 is 0 Å². The zero-order chi connectivity index (χ0) is 24.3. The Morgan fingerprint density at radius 1 is 1.17 bits per heavy atom. The van der Waals surface area contributed by atoms with E-state index in [1.807, 2.05) is 6.20 Å². The van der Waals surface area contributed by atoms with Gasteiger partial charge in [0.15, 0.2) is 17.0 Å². The molecule has 3 N–H and O–H groups in total. The molecule has 0 aromatic carbocycles. The summed E-state index contributed by atoms with van der Waals surface area (Å²) < 4.78 is 11.5. The number of rotatable bonds is 3. The molecule has 4 aliphatic rings. The number of piperidine rings is 1. The van der Waals surface area contributed by atoms with Crippen molar-refractivity contribution in [1.29, 1.82) is 0 Å². The third kappa shape index (κ3) is 3.57. The Bertz CT molecular complexity index is 1260. The molecule has 0 amide bonds. The van der Waals surface area contributed by atoms with E-state index in [1.54, 1.807) is 0 Å². The molecule has 3 fully saturated rings. The summed E-state index contributed by atoms with van der Waals surface area (Å²) in [4.78, 5) is 19.3. The highest BCUT2D eigenvalue weighted by Crippen LogP contribution is 2.42. The molecule has 0 bridgehead atoms. The second-order valence-electron chi connectivity index (χ2n) is 10.9. The van der Waals surface area contributed by atoms with E-state index in [0.29, 0.717) is 5.92 Å². The molecular weight excluding hydrogens is 456 g/mol. The lowest BCUT2D eigenvalue weighted by molar-refractivity contribution is 0.0974. The highest BCUT2D eigenvalue weighted by molar-refractivity contribution is 5.87. The molecule has 3 atom stereocenters. The van der Waals surface area contributed by atoms with Crippen LogP contribution in [0.25, 0.3) is 11.2 Å². The SMILES string of the molecule is C[C@@H]1OCC2(CCN(c3cnc4c(N5CCCc6nc(C7CCOC7)ccc65)n[nH]c4n3)CC2)[C@@H]1N. The number of fused-ring (bicyclic) bond motifs is 2. The van der Waals surface area contributed by atoms with Gasteiger partial charge < -0.3 is 25.0 Å². The number of anilines is 3. The van der Waals surface area contributed by atoms with Gasteiger partial charge in [0.1, 0.15) is 5.82 Å². The number of aryl methyl sites for hydroxylation is 1. The Balaban J connectivity index is 1.12. The van der Waals surface area contributed by atoms with Crippen LogP contribution in [-0.2, 0) is 15.9 Å². The Kier molecular flexibility index (Phi) is 5.37. The monoisotopic (exact) mass is 490 g/mol. The topological polar surface area (TPSA) is 118 Å². The van der Waals surface area contributed by atoms with Crippen LogP contribution in [0.3, 0.4) is 0 Å². The van der Waals surface area contributed by atoms with E-state index in [0.717, 1.165) is 111 Å². The van der Waals surface area contributed by atoms with Crippen molar-refractivity contribution in [2.24, 2.45) is 11.1 Å². The van der Waals surface area contributed by atoms with Gasteiger partial charge in [0.25, 0.3) is 0 Å². The van der Waals surface area contributed by atoms with Gasteiger partial charge in [0, 0.05) is 49.3 Å². The summed E-state index contributed by atoms with van der Waals surface area (Å²) in [5, 5.41) is 7.80. The van der Waals surface area contributed by atoms with Crippen molar-refractivity contribution in [3.05, 3.63) is 29.7 Å². The lowest BCUT2D eigenvalue weighted by Crippen LogP contribution is -2.50. The first-order valence-corrected chi connectivity index (χ1v) is 13.3. The van der Waals surface area contributed by atoms with E-state index in [9.17, 15) is 0 Å². The van der Waals surface area contributed by atoms with Gasteiger partial charge in [-0.25, -0.2) is 9.97 Å². The van der Waals surface area contributed by atoms with Gasteiger partial charge in [0.2, 0.25) is 0 Å². The van der Waals surface area contributed by atoms with Crippen LogP contribution in [0, 0.1) is 5.41 Å². The molecule has 3 aromatic rings. The average molecular weight is 491 g/mol. The maximum Gasteiger partial charge on any atom is 0.183 e. The molecule has 1 spiro atoms. The molecular formula is C26H34N8O2. The minimum absolute atomic E-state index is 0.0922. The van der Waals surface area contributed by atoms with Gasteiger partial charge in [0.05, 0.1) is 36.9 Å². The van der Waals surface area contributed by atoms with E-state index in [1.165, 1.54) is 0 Å². The third-order valence-electron chi connectivity index (χ3n) is 8.83. The maximum absolute atomic E-state index is 6.49. The molecule has 3 saturated heterocycles. The van der Waals surface area contributed by atoms with Gasteiger partial charge in [-0.1, -0.05) is 0 Å². The number of pyridine rings is 1. The van der Waals surface area contributed by atoms with E-state index in [2.05, 4.69) is 39.1 Å². The fraction of sp³-hybridized carbons (Fsp3) is 0.615. The number of nitrogens with zero attached hydrogens (tertiary/aromatic N) is 6. The molecule has 0 radical (unpaired) electrons. The van der Waals surface area contributed by atoms with Crippen LogP contribution < -0.4 is 15.5 Å². The Labute approximate surface area is 210 Å². The van der Waals surface area contributed by atoms with Crippen LogP contribution in [0.2, 0.25) is 0 Å². The molecule has 3 aromatic heterocycles. The number of nitrogens with one attached hydrogen (secondary N) is 1. The van der Waals surface area contributed by atoms with Crippen molar-refractivity contribution < 1.29 is 9.47 Å². The first-order valence-electron chi connectivity index (χ1n) is 13.3. The van der Waals surface area contributed by atoms with Crippen LogP contribution in [0.1, 0.15) is 49.9 Å². The fourth-order valence-corrected chi connectivity index (χ4v) is 6.46. The third-order valence-corrected chi connectivity index (χ3v) is 8.83. The van der Waals surface area contributed by atoms with Crippen molar-refractivity contribution >= 4 is 28.5 Å². The summed E-state index contributed by atoms with van der Waals surface area (Å²) in [7, 11) is 0. The first-order chi connectivity index (χ1) is 17.6. The number of aromatic amines is 1. The smallest absolute Gasteiger partial charge is 0.183 e. The Hall–Kier alpha value is -2.82. The highest BCUT2D eigenvalue weighted by Gasteiger charge is 2.47. The summed E-state index contributed by atoms with van der Waals surface area (Å²) in [5.41, 5.74) is 11.5. The zero-order valence-corrected chi connectivity index (χ0v) is 20.8. The Morgan fingerprint density at radius 3 is 2.83 bits per heavy atom.